The van der Waals surface area contributed by atoms with Crippen molar-refractivity contribution in [2.45, 2.75) is 25.8 Å². The molecule has 2 rings (SSSR count). The normalized spacial score (nSPS) is 21.4. The number of anilines is 1. The minimum Gasteiger partial charge on any atom is -0.370 e. The molecule has 1 aromatic rings. The third kappa shape index (κ3) is 3.02. The second kappa shape index (κ2) is 5.88. The lowest BCUT2D eigenvalue weighted by Gasteiger charge is -2.28. The molecular weight excluding hydrogens is 222 g/mol. The molecule has 0 aromatic heterocycles. The largest absolute Gasteiger partial charge is 0.370 e. The number of hydrogen-bond acceptors (Lipinski definition) is 3. The Balaban J connectivity index is 2.13. The zero-order valence-corrected chi connectivity index (χ0v) is 11.3. The highest BCUT2D eigenvalue weighted by molar-refractivity contribution is 5.47. The fourth-order valence-electron chi connectivity index (χ4n) is 2.49. The monoisotopic (exact) mass is 243 g/mol. The van der Waals surface area contributed by atoms with Gasteiger partial charge in [-0.15, -0.1) is 0 Å². The molecule has 0 bridgehead atoms. The van der Waals surface area contributed by atoms with Crippen LogP contribution >= 0.6 is 0 Å². The number of nitrogens with zero attached hydrogens (tertiary/aromatic N) is 3. The maximum Gasteiger partial charge on any atom is 0.0638 e. The van der Waals surface area contributed by atoms with Crippen molar-refractivity contribution in [3.63, 3.8) is 0 Å². The zero-order valence-electron chi connectivity index (χ0n) is 11.3. The Morgan fingerprint density at radius 2 is 2.00 bits per heavy atom. The minimum atomic E-state index is 0.346. The molecule has 0 amide bonds. The average molecular weight is 243 g/mol. The molecule has 3 nitrogen and oxygen atoms in total. The van der Waals surface area contributed by atoms with Crippen molar-refractivity contribution in [3.05, 3.63) is 29.8 Å². The molecule has 1 aliphatic rings. The molecule has 0 radical (unpaired) electrons. The third-order valence-electron chi connectivity index (χ3n) is 3.72. The van der Waals surface area contributed by atoms with Crippen LogP contribution in [0.1, 0.15) is 18.4 Å². The minimum absolute atomic E-state index is 0.346. The van der Waals surface area contributed by atoms with E-state index in [1.165, 1.54) is 11.3 Å². The Hall–Kier alpha value is -1.53. The highest BCUT2D eigenvalue weighted by Crippen LogP contribution is 2.20. The highest BCUT2D eigenvalue weighted by atomic mass is 15.2. The number of hydrogen-bond donors (Lipinski definition) is 0. The standard InChI is InChI=1S/C15H21N3/c1-13-4-6-14(7-5-13)18-11-3-10-17(2)15(12-18)8-9-16/h4-7,15H,3,8,10-12H2,1-2H3. The van der Waals surface area contributed by atoms with Crippen molar-refractivity contribution in [2.75, 3.05) is 31.6 Å². The van der Waals surface area contributed by atoms with E-state index in [1.807, 2.05) is 0 Å². The number of nitriles is 1. The Morgan fingerprint density at radius 3 is 2.67 bits per heavy atom. The van der Waals surface area contributed by atoms with E-state index in [0.29, 0.717) is 12.5 Å². The van der Waals surface area contributed by atoms with E-state index in [0.717, 1.165) is 26.1 Å². The number of aryl methyl sites for hydroxylation is 1. The van der Waals surface area contributed by atoms with Gasteiger partial charge in [-0.2, -0.15) is 5.26 Å². The lowest BCUT2D eigenvalue weighted by Crippen LogP contribution is -2.38. The summed E-state index contributed by atoms with van der Waals surface area (Å²) < 4.78 is 0. The van der Waals surface area contributed by atoms with Crippen LogP contribution in [0, 0.1) is 18.3 Å². The van der Waals surface area contributed by atoms with Crippen LogP contribution in [0.5, 0.6) is 0 Å². The first-order chi connectivity index (χ1) is 8.70. The summed E-state index contributed by atoms with van der Waals surface area (Å²) in [6, 6.07) is 11.3. The first kappa shape index (κ1) is 12.9. The number of benzene rings is 1. The SMILES string of the molecule is Cc1ccc(N2CCCN(C)C(CC#N)C2)cc1. The number of likely N-dealkylation sites (N-methyl/N-ethyl adjacent to an activating group) is 1. The predicted octanol–water partition coefficient (Wildman–Crippen LogP) is 2.42. The van der Waals surface area contributed by atoms with Crippen molar-refractivity contribution < 1.29 is 0 Å². The summed E-state index contributed by atoms with van der Waals surface area (Å²) in [6.45, 7) is 5.22. The third-order valence-corrected chi connectivity index (χ3v) is 3.72. The summed E-state index contributed by atoms with van der Waals surface area (Å²) >= 11 is 0. The van der Waals surface area contributed by atoms with Crippen molar-refractivity contribution in [1.82, 2.24) is 4.90 Å². The maximum absolute atomic E-state index is 8.93. The van der Waals surface area contributed by atoms with Crippen molar-refractivity contribution >= 4 is 5.69 Å². The Bertz CT molecular complexity index is 418. The van der Waals surface area contributed by atoms with Crippen LogP contribution in [0.3, 0.4) is 0 Å². The molecule has 1 aromatic carbocycles. The molecule has 0 aliphatic carbocycles. The van der Waals surface area contributed by atoms with E-state index in [4.69, 9.17) is 5.26 Å². The Morgan fingerprint density at radius 1 is 1.28 bits per heavy atom. The zero-order chi connectivity index (χ0) is 13.0. The topological polar surface area (TPSA) is 30.3 Å². The smallest absolute Gasteiger partial charge is 0.0638 e. The van der Waals surface area contributed by atoms with E-state index in [1.54, 1.807) is 0 Å². The lowest BCUT2D eigenvalue weighted by molar-refractivity contribution is 0.264. The van der Waals surface area contributed by atoms with Gasteiger partial charge in [0.25, 0.3) is 0 Å². The quantitative estimate of drug-likeness (QED) is 0.799. The van der Waals surface area contributed by atoms with Crippen LogP contribution in [0.15, 0.2) is 24.3 Å². The molecule has 3 heteroatoms. The molecule has 1 fully saturated rings. The molecule has 96 valence electrons. The summed E-state index contributed by atoms with van der Waals surface area (Å²) in [6.07, 6.45) is 1.77. The Kier molecular flexibility index (Phi) is 4.22. The average Bonchev–Trinajstić information content (AvgIpc) is 2.54. The van der Waals surface area contributed by atoms with Gasteiger partial charge < -0.3 is 9.80 Å². The summed E-state index contributed by atoms with van der Waals surface area (Å²) in [4.78, 5) is 4.72. The second-order valence-electron chi connectivity index (χ2n) is 5.13. The first-order valence-electron chi connectivity index (χ1n) is 6.59. The summed E-state index contributed by atoms with van der Waals surface area (Å²) in [7, 11) is 2.13. The maximum atomic E-state index is 8.93. The molecule has 1 aliphatic heterocycles. The molecule has 1 saturated heterocycles. The van der Waals surface area contributed by atoms with Crippen LogP contribution in [-0.2, 0) is 0 Å². The lowest BCUT2D eigenvalue weighted by atomic mass is 10.1. The summed E-state index contributed by atoms with van der Waals surface area (Å²) in [5.41, 5.74) is 2.57. The molecule has 0 spiro atoms. The van der Waals surface area contributed by atoms with Gasteiger partial charge in [0.05, 0.1) is 12.5 Å². The van der Waals surface area contributed by atoms with E-state index < -0.39 is 0 Å². The molecular formula is C15H21N3. The molecule has 1 unspecified atom stereocenters. The van der Waals surface area contributed by atoms with Crippen LogP contribution in [0.25, 0.3) is 0 Å². The fourth-order valence-corrected chi connectivity index (χ4v) is 2.49. The van der Waals surface area contributed by atoms with Crippen LogP contribution in [-0.4, -0.2) is 37.6 Å². The van der Waals surface area contributed by atoms with E-state index in [-0.39, 0.29) is 0 Å². The predicted molar refractivity (Wildman–Crippen MR) is 74.7 cm³/mol. The van der Waals surface area contributed by atoms with E-state index >= 15 is 0 Å². The van der Waals surface area contributed by atoms with Gasteiger partial charge >= 0.3 is 0 Å². The fraction of sp³-hybridized carbons (Fsp3) is 0.533. The molecule has 1 heterocycles. The van der Waals surface area contributed by atoms with Crippen LogP contribution < -0.4 is 4.90 Å². The van der Waals surface area contributed by atoms with Crippen LogP contribution in [0.4, 0.5) is 5.69 Å². The van der Waals surface area contributed by atoms with Gasteiger partial charge in [-0.25, -0.2) is 0 Å². The van der Waals surface area contributed by atoms with E-state index in [2.05, 4.69) is 54.1 Å². The highest BCUT2D eigenvalue weighted by Gasteiger charge is 2.22. The summed E-state index contributed by atoms with van der Waals surface area (Å²) in [5, 5.41) is 8.93. The first-order valence-corrected chi connectivity index (χ1v) is 6.59. The van der Waals surface area contributed by atoms with Gasteiger partial charge in [0, 0.05) is 24.8 Å². The molecule has 18 heavy (non-hydrogen) atoms. The summed E-state index contributed by atoms with van der Waals surface area (Å²) in [5.74, 6) is 0. The number of rotatable bonds is 2. The molecule has 0 N–H and O–H groups in total. The molecule has 0 saturated carbocycles. The Labute approximate surface area is 110 Å². The molecule has 1 atom stereocenters. The van der Waals surface area contributed by atoms with Crippen molar-refractivity contribution in [1.29, 1.82) is 5.26 Å². The van der Waals surface area contributed by atoms with Crippen LogP contribution in [0.2, 0.25) is 0 Å². The van der Waals surface area contributed by atoms with Crippen molar-refractivity contribution in [2.24, 2.45) is 0 Å². The van der Waals surface area contributed by atoms with Gasteiger partial charge in [-0.05, 0) is 39.1 Å². The second-order valence-corrected chi connectivity index (χ2v) is 5.13. The van der Waals surface area contributed by atoms with Crippen molar-refractivity contribution in [3.8, 4) is 6.07 Å². The van der Waals surface area contributed by atoms with Gasteiger partial charge in [-0.3, -0.25) is 0 Å². The van der Waals surface area contributed by atoms with E-state index in [9.17, 15) is 0 Å². The van der Waals surface area contributed by atoms with Gasteiger partial charge in [0.2, 0.25) is 0 Å². The van der Waals surface area contributed by atoms with Gasteiger partial charge in [-0.1, -0.05) is 17.7 Å². The van der Waals surface area contributed by atoms with Gasteiger partial charge in [0.15, 0.2) is 0 Å². The van der Waals surface area contributed by atoms with Gasteiger partial charge in [0.1, 0.15) is 0 Å².